The molecule has 1 heterocycles. The first-order valence-corrected chi connectivity index (χ1v) is 10.9. The van der Waals surface area contributed by atoms with E-state index >= 15 is 0 Å². The number of nitrogens with zero attached hydrogens (tertiary/aromatic N) is 2. The van der Waals surface area contributed by atoms with Gasteiger partial charge < -0.3 is 10.2 Å². The molecule has 5 heteroatoms. The molecule has 2 fully saturated rings. The first-order valence-electron chi connectivity index (χ1n) is 10.9. The molecule has 3 rings (SSSR count). The Hall–Kier alpha value is -1.88. The third-order valence-corrected chi connectivity index (χ3v) is 6.08. The van der Waals surface area contributed by atoms with Crippen molar-refractivity contribution in [2.75, 3.05) is 26.2 Å². The number of carbonyl (C=O) groups is 2. The smallest absolute Gasteiger partial charge is 0.253 e. The summed E-state index contributed by atoms with van der Waals surface area (Å²) < 4.78 is 0. The maximum atomic E-state index is 12.8. The van der Waals surface area contributed by atoms with Gasteiger partial charge in [0.2, 0.25) is 5.91 Å². The van der Waals surface area contributed by atoms with E-state index in [1.165, 1.54) is 18.4 Å². The molecule has 2 aliphatic rings. The number of rotatable bonds is 6. The fourth-order valence-corrected chi connectivity index (χ4v) is 4.31. The van der Waals surface area contributed by atoms with Gasteiger partial charge in [-0.05, 0) is 49.8 Å². The van der Waals surface area contributed by atoms with Crippen LogP contribution in [0.1, 0.15) is 62.4 Å². The van der Waals surface area contributed by atoms with Crippen LogP contribution in [0.4, 0.5) is 0 Å². The Labute approximate surface area is 169 Å². The van der Waals surface area contributed by atoms with Gasteiger partial charge >= 0.3 is 0 Å². The predicted octanol–water partition coefficient (Wildman–Crippen LogP) is 3.09. The molecule has 0 spiro atoms. The van der Waals surface area contributed by atoms with E-state index in [-0.39, 0.29) is 17.9 Å². The van der Waals surface area contributed by atoms with Gasteiger partial charge in [0.05, 0.1) is 6.04 Å². The van der Waals surface area contributed by atoms with Gasteiger partial charge in [-0.3, -0.25) is 14.5 Å². The summed E-state index contributed by atoms with van der Waals surface area (Å²) in [5.41, 5.74) is 2.03. The zero-order valence-electron chi connectivity index (χ0n) is 17.6. The largest absolute Gasteiger partial charge is 0.352 e. The maximum absolute atomic E-state index is 12.8. The lowest BCUT2D eigenvalue weighted by Crippen LogP contribution is -2.55. The molecule has 154 valence electrons. The van der Waals surface area contributed by atoms with Crippen LogP contribution in [0, 0.1) is 5.92 Å². The molecule has 1 atom stereocenters. The van der Waals surface area contributed by atoms with Crippen molar-refractivity contribution in [1.29, 1.82) is 0 Å². The van der Waals surface area contributed by atoms with E-state index < -0.39 is 0 Å². The van der Waals surface area contributed by atoms with E-state index in [2.05, 4.69) is 36.2 Å². The van der Waals surface area contributed by atoms with Crippen LogP contribution >= 0.6 is 0 Å². The van der Waals surface area contributed by atoms with Crippen LogP contribution in [0.3, 0.4) is 0 Å². The minimum absolute atomic E-state index is 0.0961. The Morgan fingerprint density at radius 1 is 1.00 bits per heavy atom. The number of hydrogen-bond donors (Lipinski definition) is 1. The zero-order chi connectivity index (χ0) is 20.1. The van der Waals surface area contributed by atoms with Crippen LogP contribution in [0.5, 0.6) is 0 Å². The molecule has 1 saturated carbocycles. The van der Waals surface area contributed by atoms with Crippen molar-refractivity contribution >= 4 is 11.8 Å². The van der Waals surface area contributed by atoms with E-state index in [4.69, 9.17) is 0 Å². The second-order valence-corrected chi connectivity index (χ2v) is 8.79. The zero-order valence-corrected chi connectivity index (χ0v) is 17.6. The highest BCUT2D eigenvalue weighted by Crippen LogP contribution is 2.18. The Kier molecular flexibility index (Phi) is 7.11. The minimum atomic E-state index is -0.131. The Balaban J connectivity index is 1.48. The third-order valence-electron chi connectivity index (χ3n) is 6.08. The first kappa shape index (κ1) is 20.8. The molecule has 1 aromatic rings. The third kappa shape index (κ3) is 5.34. The van der Waals surface area contributed by atoms with Crippen molar-refractivity contribution in [2.45, 2.75) is 65.0 Å². The van der Waals surface area contributed by atoms with Crippen molar-refractivity contribution < 1.29 is 9.59 Å². The normalized spacial score (nSPS) is 19.8. The van der Waals surface area contributed by atoms with E-state index in [1.54, 1.807) is 0 Å². The predicted molar refractivity (Wildman–Crippen MR) is 112 cm³/mol. The number of nitrogens with one attached hydrogen (secondary N) is 1. The molecular formula is C23H35N3O2. The number of benzene rings is 1. The second-order valence-electron chi connectivity index (χ2n) is 8.79. The molecule has 0 radical (unpaired) electrons. The number of hydrogen-bond acceptors (Lipinski definition) is 3. The molecule has 1 aliphatic carbocycles. The summed E-state index contributed by atoms with van der Waals surface area (Å²) in [4.78, 5) is 29.4. The lowest BCUT2D eigenvalue weighted by Gasteiger charge is -2.37. The highest BCUT2D eigenvalue weighted by molar-refractivity contribution is 5.94. The van der Waals surface area contributed by atoms with Gasteiger partial charge in [0.1, 0.15) is 0 Å². The standard InChI is InChI=1S/C23H35N3O2/c1-17(2)16-19-8-10-20(11-9-19)23(28)26-14-12-25(13-15-26)18(3)22(27)24-21-6-4-5-7-21/h8-11,17-18,21H,4-7,12-16H2,1-3H3,(H,24,27). The molecule has 1 aromatic carbocycles. The van der Waals surface area contributed by atoms with Crippen molar-refractivity contribution in [3.05, 3.63) is 35.4 Å². The Morgan fingerprint density at radius 3 is 2.18 bits per heavy atom. The molecule has 5 nitrogen and oxygen atoms in total. The van der Waals surface area contributed by atoms with Gasteiger partial charge in [-0.1, -0.05) is 38.8 Å². The van der Waals surface area contributed by atoms with Crippen LogP contribution < -0.4 is 5.32 Å². The van der Waals surface area contributed by atoms with Gasteiger partial charge in [0.25, 0.3) is 5.91 Å². The fraction of sp³-hybridized carbons (Fsp3) is 0.652. The number of piperazine rings is 1. The van der Waals surface area contributed by atoms with E-state index in [0.29, 0.717) is 25.0 Å². The van der Waals surface area contributed by atoms with Crippen LogP contribution in [0.2, 0.25) is 0 Å². The lowest BCUT2D eigenvalue weighted by atomic mass is 10.0. The Morgan fingerprint density at radius 2 is 1.61 bits per heavy atom. The van der Waals surface area contributed by atoms with Crippen LogP contribution in [0.25, 0.3) is 0 Å². The molecule has 1 saturated heterocycles. The quantitative estimate of drug-likeness (QED) is 0.819. The van der Waals surface area contributed by atoms with Crippen molar-refractivity contribution in [1.82, 2.24) is 15.1 Å². The second kappa shape index (κ2) is 9.55. The summed E-state index contributed by atoms with van der Waals surface area (Å²) >= 11 is 0. The average Bonchev–Trinajstić information content (AvgIpc) is 3.20. The number of carbonyl (C=O) groups excluding carboxylic acids is 2. The molecule has 1 aliphatic heterocycles. The summed E-state index contributed by atoms with van der Waals surface area (Å²) in [6, 6.07) is 8.26. The van der Waals surface area contributed by atoms with Gasteiger partial charge in [-0.2, -0.15) is 0 Å². The first-order chi connectivity index (χ1) is 13.4. The summed E-state index contributed by atoms with van der Waals surface area (Å²) in [7, 11) is 0. The summed E-state index contributed by atoms with van der Waals surface area (Å²) in [6.07, 6.45) is 5.69. The molecule has 0 bridgehead atoms. The van der Waals surface area contributed by atoms with Crippen LogP contribution in [-0.4, -0.2) is 59.9 Å². The molecule has 2 amide bonds. The summed E-state index contributed by atoms with van der Waals surface area (Å²) in [5.74, 6) is 0.841. The molecule has 1 N–H and O–H groups in total. The van der Waals surface area contributed by atoms with Gasteiger partial charge in [-0.25, -0.2) is 0 Å². The Bertz CT molecular complexity index is 657. The fourth-order valence-electron chi connectivity index (χ4n) is 4.31. The van der Waals surface area contributed by atoms with Crippen LogP contribution in [-0.2, 0) is 11.2 Å². The van der Waals surface area contributed by atoms with Crippen molar-refractivity contribution in [3.63, 3.8) is 0 Å². The van der Waals surface area contributed by atoms with Crippen molar-refractivity contribution in [2.24, 2.45) is 5.92 Å². The maximum Gasteiger partial charge on any atom is 0.253 e. The summed E-state index contributed by atoms with van der Waals surface area (Å²) in [5, 5.41) is 3.19. The highest BCUT2D eigenvalue weighted by Gasteiger charge is 2.29. The molecular weight excluding hydrogens is 350 g/mol. The SMILES string of the molecule is CC(C)Cc1ccc(C(=O)N2CCN(C(C)C(=O)NC3CCCC3)CC2)cc1. The lowest BCUT2D eigenvalue weighted by molar-refractivity contribution is -0.127. The highest BCUT2D eigenvalue weighted by atomic mass is 16.2. The molecule has 28 heavy (non-hydrogen) atoms. The summed E-state index contributed by atoms with van der Waals surface area (Å²) in [6.45, 7) is 9.23. The van der Waals surface area contributed by atoms with Gasteiger partial charge in [0.15, 0.2) is 0 Å². The van der Waals surface area contributed by atoms with Crippen molar-refractivity contribution in [3.8, 4) is 0 Å². The van der Waals surface area contributed by atoms with Gasteiger partial charge in [0, 0.05) is 37.8 Å². The van der Waals surface area contributed by atoms with E-state index in [9.17, 15) is 9.59 Å². The number of amides is 2. The molecule has 0 aromatic heterocycles. The topological polar surface area (TPSA) is 52.7 Å². The molecule has 1 unspecified atom stereocenters. The monoisotopic (exact) mass is 385 g/mol. The average molecular weight is 386 g/mol. The van der Waals surface area contributed by atoms with Crippen LogP contribution in [0.15, 0.2) is 24.3 Å². The minimum Gasteiger partial charge on any atom is -0.352 e. The van der Waals surface area contributed by atoms with E-state index in [1.807, 2.05) is 24.0 Å². The van der Waals surface area contributed by atoms with E-state index in [0.717, 1.165) is 37.9 Å². The van der Waals surface area contributed by atoms with Gasteiger partial charge in [-0.15, -0.1) is 0 Å².